The van der Waals surface area contributed by atoms with E-state index in [4.69, 9.17) is 5.11 Å². The number of aromatic nitrogens is 2. The lowest BCUT2D eigenvalue weighted by atomic mass is 10.2. The Hall–Kier alpha value is -1.61. The van der Waals surface area contributed by atoms with Gasteiger partial charge in [0.2, 0.25) is 0 Å². The van der Waals surface area contributed by atoms with Crippen LogP contribution in [0.5, 0.6) is 0 Å². The number of hydrogen-bond donors (Lipinski definition) is 1. The van der Waals surface area contributed by atoms with Crippen LogP contribution < -0.4 is 0 Å². The Balaban J connectivity index is 2.41. The molecular formula is C10H10N2O. The maximum Gasteiger partial charge on any atom is 0.0682 e. The lowest BCUT2D eigenvalue weighted by Gasteiger charge is -2.02. The van der Waals surface area contributed by atoms with Gasteiger partial charge in [-0.2, -0.15) is 5.10 Å². The monoisotopic (exact) mass is 174 g/mol. The van der Waals surface area contributed by atoms with Gasteiger partial charge in [-0.3, -0.25) is 0 Å². The lowest BCUT2D eigenvalue weighted by Crippen LogP contribution is -1.95. The molecule has 66 valence electrons. The first-order valence-electron chi connectivity index (χ1n) is 4.10. The zero-order valence-corrected chi connectivity index (χ0v) is 7.09. The van der Waals surface area contributed by atoms with Gasteiger partial charge < -0.3 is 5.11 Å². The molecule has 3 nitrogen and oxygen atoms in total. The third-order valence-corrected chi connectivity index (χ3v) is 1.86. The van der Waals surface area contributed by atoms with Gasteiger partial charge in [-0.1, -0.05) is 12.1 Å². The topological polar surface area (TPSA) is 38.0 Å². The van der Waals surface area contributed by atoms with Gasteiger partial charge in [0.25, 0.3) is 0 Å². The normalized spacial score (nSPS) is 10.2. The molecule has 3 heteroatoms. The zero-order chi connectivity index (χ0) is 9.10. The highest BCUT2D eigenvalue weighted by Gasteiger charge is 1.96. The molecule has 1 aromatic carbocycles. The van der Waals surface area contributed by atoms with E-state index in [1.165, 1.54) is 0 Å². The van der Waals surface area contributed by atoms with Crippen LogP contribution >= 0.6 is 0 Å². The first-order chi connectivity index (χ1) is 6.40. The molecule has 0 fully saturated rings. The Morgan fingerprint density at radius 1 is 1.31 bits per heavy atom. The average molecular weight is 174 g/mol. The van der Waals surface area contributed by atoms with Gasteiger partial charge in [0.05, 0.1) is 12.3 Å². The van der Waals surface area contributed by atoms with E-state index in [1.807, 2.05) is 36.5 Å². The number of aliphatic hydroxyl groups excluding tert-OH is 1. The highest BCUT2D eigenvalue weighted by atomic mass is 16.3. The highest BCUT2D eigenvalue weighted by Crippen LogP contribution is 2.08. The molecule has 0 unspecified atom stereocenters. The van der Waals surface area contributed by atoms with Crippen LogP contribution in [0.25, 0.3) is 5.69 Å². The van der Waals surface area contributed by atoms with E-state index in [0.29, 0.717) is 0 Å². The fourth-order valence-corrected chi connectivity index (χ4v) is 1.22. The minimum absolute atomic E-state index is 0.0646. The van der Waals surface area contributed by atoms with Crippen LogP contribution in [-0.4, -0.2) is 14.9 Å². The van der Waals surface area contributed by atoms with Gasteiger partial charge in [-0.05, 0) is 23.8 Å². The summed E-state index contributed by atoms with van der Waals surface area (Å²) in [6.07, 6.45) is 3.60. The molecule has 0 spiro atoms. The van der Waals surface area contributed by atoms with Crippen molar-refractivity contribution in [3.8, 4) is 5.69 Å². The number of aliphatic hydroxyl groups is 1. The molecule has 1 aromatic heterocycles. The molecular weight excluding hydrogens is 164 g/mol. The Bertz CT molecular complexity index is 382. The van der Waals surface area contributed by atoms with Crippen LogP contribution in [0.1, 0.15) is 5.56 Å². The highest BCUT2D eigenvalue weighted by molar-refractivity contribution is 5.34. The molecule has 0 aliphatic carbocycles. The third kappa shape index (κ3) is 1.60. The maximum atomic E-state index is 8.93. The summed E-state index contributed by atoms with van der Waals surface area (Å²) in [5.74, 6) is 0. The largest absolute Gasteiger partial charge is 0.392 e. The van der Waals surface area contributed by atoms with Crippen molar-refractivity contribution in [2.24, 2.45) is 0 Å². The predicted octanol–water partition coefficient (Wildman–Crippen LogP) is 1.36. The molecule has 0 aliphatic rings. The molecule has 2 rings (SSSR count). The van der Waals surface area contributed by atoms with E-state index in [1.54, 1.807) is 10.9 Å². The summed E-state index contributed by atoms with van der Waals surface area (Å²) in [5.41, 5.74) is 1.87. The molecule has 0 radical (unpaired) electrons. The summed E-state index contributed by atoms with van der Waals surface area (Å²) in [5, 5.41) is 13.0. The van der Waals surface area contributed by atoms with Crippen LogP contribution in [0.4, 0.5) is 0 Å². The number of rotatable bonds is 2. The van der Waals surface area contributed by atoms with Crippen LogP contribution in [0.15, 0.2) is 42.7 Å². The number of benzene rings is 1. The Kier molecular flexibility index (Phi) is 2.10. The van der Waals surface area contributed by atoms with Crippen molar-refractivity contribution in [3.05, 3.63) is 48.3 Å². The smallest absolute Gasteiger partial charge is 0.0682 e. The van der Waals surface area contributed by atoms with Crippen LogP contribution in [0, 0.1) is 0 Å². The van der Waals surface area contributed by atoms with E-state index in [-0.39, 0.29) is 6.61 Å². The van der Waals surface area contributed by atoms with Crippen LogP contribution in [-0.2, 0) is 6.61 Å². The van der Waals surface area contributed by atoms with Gasteiger partial charge in [-0.25, -0.2) is 4.68 Å². The third-order valence-electron chi connectivity index (χ3n) is 1.86. The summed E-state index contributed by atoms with van der Waals surface area (Å²) >= 11 is 0. The molecule has 13 heavy (non-hydrogen) atoms. The first-order valence-corrected chi connectivity index (χ1v) is 4.10. The minimum atomic E-state index is 0.0646. The van der Waals surface area contributed by atoms with Crippen molar-refractivity contribution in [1.82, 2.24) is 9.78 Å². The van der Waals surface area contributed by atoms with Crippen molar-refractivity contribution in [2.45, 2.75) is 6.61 Å². The fraction of sp³-hybridized carbons (Fsp3) is 0.100. The average Bonchev–Trinajstić information content (AvgIpc) is 2.71. The Labute approximate surface area is 76.3 Å². The number of hydrogen-bond acceptors (Lipinski definition) is 2. The van der Waals surface area contributed by atoms with E-state index >= 15 is 0 Å². The Morgan fingerprint density at radius 3 is 2.92 bits per heavy atom. The van der Waals surface area contributed by atoms with Crippen molar-refractivity contribution >= 4 is 0 Å². The standard InChI is InChI=1S/C10H10N2O/c13-8-9-3-1-4-10(7-9)12-6-2-5-11-12/h1-7,13H,8H2. The minimum Gasteiger partial charge on any atom is -0.392 e. The molecule has 0 atom stereocenters. The van der Waals surface area contributed by atoms with Gasteiger partial charge in [0, 0.05) is 12.4 Å². The van der Waals surface area contributed by atoms with Crippen LogP contribution in [0.3, 0.4) is 0 Å². The molecule has 1 N–H and O–H groups in total. The van der Waals surface area contributed by atoms with Crippen LogP contribution in [0.2, 0.25) is 0 Å². The quantitative estimate of drug-likeness (QED) is 0.746. The van der Waals surface area contributed by atoms with Gasteiger partial charge in [0.1, 0.15) is 0 Å². The summed E-state index contributed by atoms with van der Waals surface area (Å²) in [7, 11) is 0. The molecule has 0 saturated heterocycles. The predicted molar refractivity (Wildman–Crippen MR) is 49.5 cm³/mol. The van der Waals surface area contributed by atoms with E-state index < -0.39 is 0 Å². The lowest BCUT2D eigenvalue weighted by molar-refractivity contribution is 0.282. The van der Waals surface area contributed by atoms with Crippen molar-refractivity contribution < 1.29 is 5.11 Å². The zero-order valence-electron chi connectivity index (χ0n) is 7.09. The molecule has 0 aliphatic heterocycles. The van der Waals surface area contributed by atoms with Gasteiger partial charge >= 0.3 is 0 Å². The number of nitrogens with zero attached hydrogens (tertiary/aromatic N) is 2. The molecule has 0 bridgehead atoms. The van der Waals surface area contributed by atoms with Gasteiger partial charge in [-0.15, -0.1) is 0 Å². The molecule has 2 aromatic rings. The second-order valence-corrected chi connectivity index (χ2v) is 2.78. The summed E-state index contributed by atoms with van der Waals surface area (Å²) in [4.78, 5) is 0. The molecule has 1 heterocycles. The fourth-order valence-electron chi connectivity index (χ4n) is 1.22. The van der Waals surface area contributed by atoms with Gasteiger partial charge in [0.15, 0.2) is 0 Å². The second kappa shape index (κ2) is 3.41. The SMILES string of the molecule is OCc1cccc(-n2cccn2)c1. The summed E-state index contributed by atoms with van der Waals surface area (Å²) in [6, 6.07) is 9.51. The maximum absolute atomic E-state index is 8.93. The second-order valence-electron chi connectivity index (χ2n) is 2.78. The van der Waals surface area contributed by atoms with Crippen molar-refractivity contribution in [1.29, 1.82) is 0 Å². The van der Waals surface area contributed by atoms with E-state index in [2.05, 4.69) is 5.10 Å². The van der Waals surface area contributed by atoms with Crippen molar-refractivity contribution in [3.63, 3.8) is 0 Å². The summed E-state index contributed by atoms with van der Waals surface area (Å²) in [6.45, 7) is 0.0646. The summed E-state index contributed by atoms with van der Waals surface area (Å²) < 4.78 is 1.76. The van der Waals surface area contributed by atoms with E-state index in [9.17, 15) is 0 Å². The van der Waals surface area contributed by atoms with Crippen molar-refractivity contribution in [2.75, 3.05) is 0 Å². The van der Waals surface area contributed by atoms with E-state index in [0.717, 1.165) is 11.3 Å². The molecule has 0 amide bonds. The molecule has 0 saturated carbocycles. The Morgan fingerprint density at radius 2 is 2.23 bits per heavy atom. The first kappa shape index (κ1) is 8.01.